The van der Waals surface area contributed by atoms with Gasteiger partial charge in [0.05, 0.1) is 34.0 Å². The summed E-state index contributed by atoms with van der Waals surface area (Å²) in [5.74, 6) is -0.699. The van der Waals surface area contributed by atoms with Crippen molar-refractivity contribution < 1.29 is 28.9 Å². The third-order valence-electron chi connectivity index (χ3n) is 6.92. The summed E-state index contributed by atoms with van der Waals surface area (Å²) in [6.45, 7) is 3.45. The first-order valence-electron chi connectivity index (χ1n) is 13.7. The lowest BCUT2D eigenvalue weighted by atomic mass is 9.90. The number of fused-ring (bicyclic) bond motifs is 2. The minimum atomic E-state index is -1.08. The van der Waals surface area contributed by atoms with E-state index in [4.69, 9.17) is 24.3 Å². The van der Waals surface area contributed by atoms with Crippen LogP contribution in [0, 0.1) is 0 Å². The van der Waals surface area contributed by atoms with Crippen molar-refractivity contribution in [1.82, 2.24) is 4.57 Å². The van der Waals surface area contributed by atoms with Crippen molar-refractivity contribution in [2.45, 2.75) is 32.7 Å². The van der Waals surface area contributed by atoms with E-state index in [1.54, 1.807) is 42.9 Å². The van der Waals surface area contributed by atoms with Crippen LogP contribution in [0.5, 0.6) is 11.5 Å². The Morgan fingerprint density at radius 3 is 2.58 bits per heavy atom. The Kier molecular flexibility index (Phi) is 9.12. The van der Waals surface area contributed by atoms with E-state index in [9.17, 15) is 14.4 Å². The molecule has 1 N–H and O–H groups in total. The average Bonchev–Trinajstić information content (AvgIpc) is 3.29. The molecule has 1 atom stereocenters. The molecule has 0 spiro atoms. The van der Waals surface area contributed by atoms with E-state index in [2.05, 4.69) is 15.9 Å². The Hall–Kier alpha value is -4.22. The van der Waals surface area contributed by atoms with Gasteiger partial charge in [-0.1, -0.05) is 61.1 Å². The van der Waals surface area contributed by atoms with E-state index in [-0.39, 0.29) is 12.2 Å². The third-order valence-corrected chi connectivity index (χ3v) is 8.52. The van der Waals surface area contributed by atoms with E-state index in [1.807, 2.05) is 43.3 Å². The number of esters is 1. The molecular formula is C32H29BrN2O7S. The molecule has 5 rings (SSSR count). The molecular weight excluding hydrogens is 636 g/mol. The number of hydrogen-bond acceptors (Lipinski definition) is 8. The number of halogens is 1. The molecule has 1 aromatic heterocycles. The molecule has 0 saturated carbocycles. The first-order chi connectivity index (χ1) is 20.8. The number of aromatic nitrogens is 1. The number of carboxylic acids is 1. The molecule has 222 valence electrons. The van der Waals surface area contributed by atoms with E-state index in [0.717, 1.165) is 17.2 Å². The molecule has 0 saturated heterocycles. The summed E-state index contributed by atoms with van der Waals surface area (Å²) in [5.41, 5.74) is 1.96. The molecule has 2 heterocycles. The van der Waals surface area contributed by atoms with Gasteiger partial charge in [-0.2, -0.15) is 0 Å². The highest BCUT2D eigenvalue weighted by atomic mass is 79.9. The van der Waals surface area contributed by atoms with Gasteiger partial charge in [0.25, 0.3) is 5.56 Å². The van der Waals surface area contributed by atoms with Gasteiger partial charge in [0.1, 0.15) is 17.5 Å². The number of ether oxygens (including phenoxy) is 3. The van der Waals surface area contributed by atoms with Crippen LogP contribution < -0.4 is 24.4 Å². The standard InChI is InChI=1S/C32H29BrN2O7S/c1-4-8-22-28(31(39)41-5-2)29(27-20-10-7-6-9-19(20)12-14-24(27)40-3)35-30(38)25(43-32(35)34-22)16-18-11-13-23(21(33)15-18)42-17-26(36)37/h6-7,9-16,29H,4-5,8,17H2,1-3H3,(H,36,37)/b25-16+/t29-/m0/s1. The molecule has 0 unspecified atom stereocenters. The number of carbonyl (C=O) groups is 2. The van der Waals surface area contributed by atoms with Gasteiger partial charge in [0.2, 0.25) is 0 Å². The molecule has 1 aliphatic rings. The van der Waals surface area contributed by atoms with Crippen LogP contribution in [-0.4, -0.2) is 41.9 Å². The highest BCUT2D eigenvalue weighted by molar-refractivity contribution is 9.10. The highest BCUT2D eigenvalue weighted by Crippen LogP contribution is 2.41. The van der Waals surface area contributed by atoms with Crippen LogP contribution >= 0.6 is 27.3 Å². The molecule has 43 heavy (non-hydrogen) atoms. The van der Waals surface area contributed by atoms with Gasteiger partial charge >= 0.3 is 11.9 Å². The van der Waals surface area contributed by atoms with Crippen molar-refractivity contribution in [3.8, 4) is 11.5 Å². The molecule has 0 bridgehead atoms. The number of carbonyl (C=O) groups excluding carboxylic acids is 1. The van der Waals surface area contributed by atoms with Crippen molar-refractivity contribution in [3.63, 3.8) is 0 Å². The van der Waals surface area contributed by atoms with Gasteiger partial charge in [-0.05, 0) is 69.9 Å². The summed E-state index contributed by atoms with van der Waals surface area (Å²) < 4.78 is 19.2. The van der Waals surface area contributed by atoms with Crippen molar-refractivity contribution in [2.24, 2.45) is 4.99 Å². The fourth-order valence-electron chi connectivity index (χ4n) is 5.14. The van der Waals surface area contributed by atoms with Crippen LogP contribution in [0.15, 0.2) is 80.1 Å². The van der Waals surface area contributed by atoms with E-state index < -0.39 is 24.6 Å². The van der Waals surface area contributed by atoms with Gasteiger partial charge in [-0.25, -0.2) is 14.6 Å². The van der Waals surface area contributed by atoms with Crippen molar-refractivity contribution in [1.29, 1.82) is 0 Å². The van der Waals surface area contributed by atoms with Crippen LogP contribution in [-0.2, 0) is 14.3 Å². The number of thiazole rings is 1. The smallest absolute Gasteiger partial charge is 0.341 e. The fourth-order valence-corrected chi connectivity index (χ4v) is 6.68. The first kappa shape index (κ1) is 30.2. The zero-order valence-electron chi connectivity index (χ0n) is 23.8. The predicted molar refractivity (Wildman–Crippen MR) is 167 cm³/mol. The summed E-state index contributed by atoms with van der Waals surface area (Å²) in [6, 6.07) is 15.9. The maximum Gasteiger partial charge on any atom is 0.341 e. The van der Waals surface area contributed by atoms with E-state index >= 15 is 0 Å². The average molecular weight is 666 g/mol. The lowest BCUT2D eigenvalue weighted by Gasteiger charge is -2.28. The monoisotopic (exact) mass is 664 g/mol. The second-order valence-electron chi connectivity index (χ2n) is 9.69. The van der Waals surface area contributed by atoms with Crippen LogP contribution in [0.1, 0.15) is 43.9 Å². The lowest BCUT2D eigenvalue weighted by Crippen LogP contribution is -2.40. The zero-order chi connectivity index (χ0) is 30.7. The maximum atomic E-state index is 14.2. The molecule has 3 aromatic carbocycles. The molecule has 0 amide bonds. The van der Waals surface area contributed by atoms with Crippen LogP contribution in [0.25, 0.3) is 16.8 Å². The number of rotatable bonds is 10. The Bertz CT molecular complexity index is 1940. The summed E-state index contributed by atoms with van der Waals surface area (Å²) in [4.78, 5) is 44.1. The molecule has 9 nitrogen and oxygen atoms in total. The van der Waals surface area contributed by atoms with Crippen molar-refractivity contribution in [3.05, 3.63) is 101 Å². The number of nitrogens with zero attached hydrogens (tertiary/aromatic N) is 2. The number of aliphatic carboxylic acids is 1. The van der Waals surface area contributed by atoms with Crippen molar-refractivity contribution >= 4 is 56.1 Å². The third kappa shape index (κ3) is 6.00. The SMILES string of the molecule is CCCC1=C(C(=O)OCC)[C@H](c2c(OC)ccc3ccccc23)n2c(s/c(=C/c3ccc(OCC(=O)O)c(Br)c3)c2=O)=N1. The second kappa shape index (κ2) is 13.0. The number of benzene rings is 3. The number of hydrogen-bond donors (Lipinski definition) is 1. The van der Waals surface area contributed by atoms with Gasteiger partial charge in [0, 0.05) is 5.56 Å². The molecule has 1 aliphatic heterocycles. The Morgan fingerprint density at radius 2 is 1.88 bits per heavy atom. The lowest BCUT2D eigenvalue weighted by molar-refractivity contribution is -0.140. The summed E-state index contributed by atoms with van der Waals surface area (Å²) >= 11 is 4.65. The largest absolute Gasteiger partial charge is 0.496 e. The minimum absolute atomic E-state index is 0.173. The summed E-state index contributed by atoms with van der Waals surface area (Å²) in [6.07, 6.45) is 2.99. The molecule has 4 aromatic rings. The Morgan fingerprint density at radius 1 is 1.12 bits per heavy atom. The fraction of sp³-hybridized carbons (Fsp3) is 0.250. The predicted octanol–water partition coefficient (Wildman–Crippen LogP) is 4.97. The second-order valence-corrected chi connectivity index (χ2v) is 11.6. The quantitative estimate of drug-likeness (QED) is 0.238. The summed E-state index contributed by atoms with van der Waals surface area (Å²) in [5, 5.41) is 10.7. The molecule has 11 heteroatoms. The van der Waals surface area contributed by atoms with Crippen LogP contribution in [0.4, 0.5) is 0 Å². The molecule has 0 aliphatic carbocycles. The van der Waals surface area contributed by atoms with E-state index in [0.29, 0.717) is 54.1 Å². The van der Waals surface area contributed by atoms with Crippen LogP contribution in [0.2, 0.25) is 0 Å². The van der Waals surface area contributed by atoms with Gasteiger partial charge in [-0.3, -0.25) is 9.36 Å². The number of allylic oxidation sites excluding steroid dienone is 1. The van der Waals surface area contributed by atoms with E-state index in [1.165, 1.54) is 11.3 Å². The first-order valence-corrected chi connectivity index (χ1v) is 15.3. The maximum absolute atomic E-state index is 14.2. The Balaban J connectivity index is 1.77. The van der Waals surface area contributed by atoms with Gasteiger partial charge in [-0.15, -0.1) is 0 Å². The summed E-state index contributed by atoms with van der Waals surface area (Å²) in [7, 11) is 1.57. The Labute approximate surface area is 259 Å². The highest BCUT2D eigenvalue weighted by Gasteiger charge is 2.37. The van der Waals surface area contributed by atoms with Gasteiger partial charge < -0.3 is 19.3 Å². The normalized spacial score (nSPS) is 14.8. The van der Waals surface area contributed by atoms with Crippen molar-refractivity contribution in [2.75, 3.05) is 20.3 Å². The number of carboxylic acid groups (broad SMARTS) is 1. The minimum Gasteiger partial charge on any atom is -0.496 e. The van der Waals surface area contributed by atoms with Gasteiger partial charge in [0.15, 0.2) is 11.4 Å². The molecule has 0 fully saturated rings. The van der Waals surface area contributed by atoms with Crippen LogP contribution in [0.3, 0.4) is 0 Å². The molecule has 0 radical (unpaired) electrons. The topological polar surface area (TPSA) is 116 Å². The number of methoxy groups -OCH3 is 1. The zero-order valence-corrected chi connectivity index (χ0v) is 26.2.